The molecule has 1 aliphatic heterocycles. The minimum atomic E-state index is -0.170. The molecule has 21 heavy (non-hydrogen) atoms. The van der Waals surface area contributed by atoms with Crippen molar-refractivity contribution >= 4 is 17.2 Å². The lowest BCUT2D eigenvalue weighted by atomic mass is 10.1. The molecule has 3 rings (SSSR count). The second-order valence-electron chi connectivity index (χ2n) is 6.02. The summed E-state index contributed by atoms with van der Waals surface area (Å²) in [7, 11) is 0. The number of nitrogens with zero attached hydrogens (tertiary/aromatic N) is 2. The van der Waals surface area contributed by atoms with Crippen LogP contribution >= 0.6 is 11.3 Å². The lowest BCUT2D eigenvalue weighted by Crippen LogP contribution is -2.53. The van der Waals surface area contributed by atoms with E-state index in [-0.39, 0.29) is 12.0 Å². The summed E-state index contributed by atoms with van der Waals surface area (Å²) in [5.41, 5.74) is 1.17. The van der Waals surface area contributed by atoms with Crippen molar-refractivity contribution in [2.24, 2.45) is 0 Å². The average molecular weight is 308 g/mol. The number of aliphatic hydroxyl groups is 1. The van der Waals surface area contributed by atoms with E-state index in [1.807, 2.05) is 10.3 Å². The van der Waals surface area contributed by atoms with Gasteiger partial charge in [-0.25, -0.2) is 0 Å². The van der Waals surface area contributed by atoms with Crippen LogP contribution in [0.5, 0.6) is 0 Å². The van der Waals surface area contributed by atoms with Crippen LogP contribution in [0.25, 0.3) is 0 Å². The molecular weight excluding hydrogens is 284 g/mol. The molecule has 2 atom stereocenters. The number of piperazine rings is 1. The highest BCUT2D eigenvalue weighted by Crippen LogP contribution is 2.26. The first-order chi connectivity index (χ1) is 10.2. The average Bonchev–Trinajstić information content (AvgIpc) is 3.15. The second kappa shape index (κ2) is 6.46. The van der Waals surface area contributed by atoms with Gasteiger partial charge in [-0.1, -0.05) is 6.92 Å². The van der Waals surface area contributed by atoms with Crippen LogP contribution in [0.1, 0.15) is 41.4 Å². The Morgan fingerprint density at radius 2 is 2.10 bits per heavy atom. The SMILES string of the molecule is CCc1ccsc1C(=O)N1CCN([C@H]2CCC[C@H]2O)CC1. The second-order valence-corrected chi connectivity index (χ2v) is 6.94. The molecular formula is C16H24N2O2S. The number of hydrogen-bond donors (Lipinski definition) is 1. The zero-order chi connectivity index (χ0) is 14.8. The van der Waals surface area contributed by atoms with Crippen molar-refractivity contribution < 1.29 is 9.90 Å². The van der Waals surface area contributed by atoms with Gasteiger partial charge in [0, 0.05) is 32.2 Å². The maximum Gasteiger partial charge on any atom is 0.264 e. The molecule has 0 bridgehead atoms. The lowest BCUT2D eigenvalue weighted by molar-refractivity contribution is 0.0317. The molecule has 2 fully saturated rings. The Hall–Kier alpha value is -0.910. The maximum atomic E-state index is 12.6. The molecule has 1 N–H and O–H groups in total. The van der Waals surface area contributed by atoms with E-state index in [1.54, 1.807) is 11.3 Å². The third-order valence-corrected chi connectivity index (χ3v) is 5.78. The fraction of sp³-hybridized carbons (Fsp3) is 0.688. The largest absolute Gasteiger partial charge is 0.391 e. The molecule has 0 radical (unpaired) electrons. The molecule has 2 aliphatic rings. The van der Waals surface area contributed by atoms with Gasteiger partial charge in [-0.15, -0.1) is 11.3 Å². The Labute approximate surface area is 130 Å². The molecule has 2 heterocycles. The van der Waals surface area contributed by atoms with Gasteiger partial charge in [0.25, 0.3) is 5.91 Å². The first-order valence-electron chi connectivity index (χ1n) is 7.98. The first kappa shape index (κ1) is 15.0. The van der Waals surface area contributed by atoms with E-state index in [0.29, 0.717) is 6.04 Å². The number of carbonyl (C=O) groups excluding carboxylic acids is 1. The zero-order valence-electron chi connectivity index (χ0n) is 12.6. The van der Waals surface area contributed by atoms with Gasteiger partial charge in [-0.2, -0.15) is 0 Å². The number of aryl methyl sites for hydroxylation is 1. The van der Waals surface area contributed by atoms with E-state index in [2.05, 4.69) is 17.9 Å². The smallest absolute Gasteiger partial charge is 0.264 e. The summed E-state index contributed by atoms with van der Waals surface area (Å²) < 4.78 is 0. The summed E-state index contributed by atoms with van der Waals surface area (Å²) >= 11 is 1.56. The lowest BCUT2D eigenvalue weighted by Gasteiger charge is -2.39. The molecule has 5 heteroatoms. The van der Waals surface area contributed by atoms with Crippen LogP contribution in [-0.4, -0.2) is 59.1 Å². The summed E-state index contributed by atoms with van der Waals surface area (Å²) in [5.74, 6) is 0.188. The fourth-order valence-electron chi connectivity index (χ4n) is 3.55. The van der Waals surface area contributed by atoms with E-state index >= 15 is 0 Å². The van der Waals surface area contributed by atoms with Gasteiger partial charge in [0.05, 0.1) is 11.0 Å². The number of carbonyl (C=O) groups is 1. The number of rotatable bonds is 3. The summed E-state index contributed by atoms with van der Waals surface area (Å²) in [6.45, 7) is 5.44. The van der Waals surface area contributed by atoms with Gasteiger partial charge < -0.3 is 10.0 Å². The van der Waals surface area contributed by atoms with Crippen molar-refractivity contribution in [1.29, 1.82) is 0 Å². The Morgan fingerprint density at radius 1 is 1.33 bits per heavy atom. The molecule has 0 unspecified atom stereocenters. The van der Waals surface area contributed by atoms with E-state index in [0.717, 1.165) is 56.7 Å². The Balaban J connectivity index is 1.59. The van der Waals surface area contributed by atoms with Crippen molar-refractivity contribution in [2.45, 2.75) is 44.8 Å². The van der Waals surface area contributed by atoms with Gasteiger partial charge in [0.1, 0.15) is 0 Å². The van der Waals surface area contributed by atoms with E-state index < -0.39 is 0 Å². The highest BCUT2D eigenvalue weighted by atomic mass is 32.1. The molecule has 1 aromatic heterocycles. The number of amides is 1. The van der Waals surface area contributed by atoms with E-state index in [1.165, 1.54) is 5.56 Å². The van der Waals surface area contributed by atoms with Crippen LogP contribution in [0.3, 0.4) is 0 Å². The predicted molar refractivity (Wildman–Crippen MR) is 84.8 cm³/mol. The molecule has 1 saturated carbocycles. The van der Waals surface area contributed by atoms with Crippen LogP contribution in [0.2, 0.25) is 0 Å². The quantitative estimate of drug-likeness (QED) is 0.928. The van der Waals surface area contributed by atoms with E-state index in [9.17, 15) is 9.90 Å². The summed E-state index contributed by atoms with van der Waals surface area (Å²) in [6, 6.07) is 2.37. The standard InChI is InChI=1S/C16H24N2O2S/c1-2-12-6-11-21-15(12)16(20)18-9-7-17(8-10-18)13-4-3-5-14(13)19/h6,11,13-14,19H,2-5,7-10H2,1H3/t13-,14+/m0/s1. The summed E-state index contributed by atoms with van der Waals surface area (Å²) in [6.07, 6.45) is 3.90. The molecule has 1 amide bonds. The van der Waals surface area contributed by atoms with Crippen molar-refractivity contribution in [3.63, 3.8) is 0 Å². The van der Waals surface area contributed by atoms with Gasteiger partial charge in [-0.3, -0.25) is 9.69 Å². The highest BCUT2D eigenvalue weighted by Gasteiger charge is 2.33. The Kier molecular flexibility index (Phi) is 4.62. The summed E-state index contributed by atoms with van der Waals surface area (Å²) in [5, 5.41) is 12.0. The third kappa shape index (κ3) is 3.00. The van der Waals surface area contributed by atoms with Crippen molar-refractivity contribution in [3.8, 4) is 0 Å². The minimum Gasteiger partial charge on any atom is -0.391 e. The van der Waals surface area contributed by atoms with Crippen LogP contribution < -0.4 is 0 Å². The molecule has 1 aromatic rings. The molecule has 1 aliphatic carbocycles. The van der Waals surface area contributed by atoms with Crippen LogP contribution in [0, 0.1) is 0 Å². The molecule has 4 nitrogen and oxygen atoms in total. The summed E-state index contributed by atoms with van der Waals surface area (Å²) in [4.78, 5) is 17.9. The van der Waals surface area contributed by atoms with Crippen LogP contribution in [-0.2, 0) is 6.42 Å². The Bertz CT molecular complexity index is 494. The predicted octanol–water partition coefficient (Wildman–Crippen LogP) is 1.98. The van der Waals surface area contributed by atoms with E-state index in [4.69, 9.17) is 0 Å². The number of hydrogen-bond acceptors (Lipinski definition) is 4. The monoisotopic (exact) mass is 308 g/mol. The maximum absolute atomic E-state index is 12.6. The molecule has 1 saturated heterocycles. The van der Waals surface area contributed by atoms with Crippen molar-refractivity contribution in [1.82, 2.24) is 9.80 Å². The van der Waals surface area contributed by atoms with Crippen molar-refractivity contribution in [2.75, 3.05) is 26.2 Å². The van der Waals surface area contributed by atoms with Gasteiger partial charge in [0.2, 0.25) is 0 Å². The van der Waals surface area contributed by atoms with Gasteiger partial charge in [0.15, 0.2) is 0 Å². The minimum absolute atomic E-state index is 0.170. The molecule has 0 spiro atoms. The topological polar surface area (TPSA) is 43.8 Å². The fourth-order valence-corrected chi connectivity index (χ4v) is 4.51. The van der Waals surface area contributed by atoms with Crippen LogP contribution in [0.15, 0.2) is 11.4 Å². The number of aliphatic hydroxyl groups excluding tert-OH is 1. The third-order valence-electron chi connectivity index (χ3n) is 4.84. The zero-order valence-corrected chi connectivity index (χ0v) is 13.4. The first-order valence-corrected chi connectivity index (χ1v) is 8.86. The normalized spacial score (nSPS) is 27.2. The van der Waals surface area contributed by atoms with Crippen molar-refractivity contribution in [3.05, 3.63) is 21.9 Å². The van der Waals surface area contributed by atoms with Gasteiger partial charge in [-0.05, 0) is 42.7 Å². The van der Waals surface area contributed by atoms with Gasteiger partial charge >= 0.3 is 0 Å². The Morgan fingerprint density at radius 3 is 2.71 bits per heavy atom. The molecule has 116 valence electrons. The molecule has 0 aromatic carbocycles. The van der Waals surface area contributed by atoms with Crippen LogP contribution in [0.4, 0.5) is 0 Å². The number of thiophene rings is 1. The highest BCUT2D eigenvalue weighted by molar-refractivity contribution is 7.12.